The van der Waals surface area contributed by atoms with Gasteiger partial charge in [0.25, 0.3) is 5.56 Å². The largest absolute Gasteiger partial charge is 0.376 e. The summed E-state index contributed by atoms with van der Waals surface area (Å²) in [6.45, 7) is 1.66. The molecule has 1 aliphatic rings. The molecule has 31 heavy (non-hydrogen) atoms. The number of rotatable bonds is 8. The molecule has 2 aromatic heterocycles. The van der Waals surface area contributed by atoms with Gasteiger partial charge < -0.3 is 10.1 Å². The molecular weight excluding hydrogens is 436 g/mol. The molecule has 0 spiro atoms. The number of ether oxygens (including phenoxy) is 1. The Labute approximate surface area is 189 Å². The summed E-state index contributed by atoms with van der Waals surface area (Å²) < 4.78 is 7.32. The quantitative estimate of drug-likeness (QED) is 0.412. The predicted octanol–water partition coefficient (Wildman–Crippen LogP) is 3.07. The van der Waals surface area contributed by atoms with Crippen LogP contribution in [0.5, 0.6) is 0 Å². The maximum Gasteiger partial charge on any atom is 0.263 e. The van der Waals surface area contributed by atoms with E-state index in [1.54, 1.807) is 22.9 Å². The molecular formula is C22H23ClN4O3S. The van der Waals surface area contributed by atoms with Crippen molar-refractivity contribution in [3.63, 3.8) is 0 Å². The van der Waals surface area contributed by atoms with E-state index in [1.165, 1.54) is 11.8 Å². The highest BCUT2D eigenvalue weighted by Crippen LogP contribution is 2.20. The van der Waals surface area contributed by atoms with E-state index in [2.05, 4.69) is 15.3 Å². The summed E-state index contributed by atoms with van der Waals surface area (Å²) >= 11 is 7.14. The van der Waals surface area contributed by atoms with Gasteiger partial charge in [-0.1, -0.05) is 35.5 Å². The molecule has 162 valence electrons. The second-order valence-corrected chi connectivity index (χ2v) is 8.71. The van der Waals surface area contributed by atoms with E-state index in [9.17, 15) is 9.59 Å². The highest BCUT2D eigenvalue weighted by atomic mass is 35.5. The number of nitrogens with one attached hydrogen (secondary N) is 1. The van der Waals surface area contributed by atoms with Gasteiger partial charge in [-0.2, -0.15) is 0 Å². The fourth-order valence-electron chi connectivity index (χ4n) is 3.48. The number of benzene rings is 1. The Morgan fingerprint density at radius 2 is 2.13 bits per heavy atom. The van der Waals surface area contributed by atoms with Crippen molar-refractivity contribution in [1.29, 1.82) is 0 Å². The number of halogens is 1. The van der Waals surface area contributed by atoms with E-state index < -0.39 is 0 Å². The number of carbonyl (C=O) groups excluding carboxylic acids is 1. The van der Waals surface area contributed by atoms with Crippen molar-refractivity contribution in [3.8, 4) is 0 Å². The normalized spacial score (nSPS) is 16.0. The highest BCUT2D eigenvalue weighted by Gasteiger charge is 2.21. The van der Waals surface area contributed by atoms with Gasteiger partial charge in [0.2, 0.25) is 5.91 Å². The number of nitrogens with zero attached hydrogens (tertiary/aromatic N) is 3. The number of hydrogen-bond acceptors (Lipinski definition) is 6. The molecule has 4 rings (SSSR count). The van der Waals surface area contributed by atoms with Crippen LogP contribution in [0.25, 0.3) is 11.0 Å². The number of carbonyl (C=O) groups is 1. The molecule has 3 aromatic rings. The summed E-state index contributed by atoms with van der Waals surface area (Å²) in [6, 6.07) is 11.0. The summed E-state index contributed by atoms with van der Waals surface area (Å²) in [5.41, 5.74) is 1.34. The zero-order valence-electron chi connectivity index (χ0n) is 16.9. The van der Waals surface area contributed by atoms with E-state index in [4.69, 9.17) is 16.3 Å². The first-order valence-electron chi connectivity index (χ1n) is 10.2. The molecule has 1 aromatic carbocycles. The van der Waals surface area contributed by atoms with Crippen molar-refractivity contribution in [2.75, 3.05) is 18.9 Å². The van der Waals surface area contributed by atoms with Gasteiger partial charge in [-0.25, -0.2) is 9.97 Å². The van der Waals surface area contributed by atoms with E-state index in [1.807, 2.05) is 24.3 Å². The highest BCUT2D eigenvalue weighted by molar-refractivity contribution is 7.99. The molecule has 1 fully saturated rings. The molecule has 0 saturated carbocycles. The van der Waals surface area contributed by atoms with Crippen LogP contribution in [0.1, 0.15) is 18.4 Å². The van der Waals surface area contributed by atoms with Crippen LogP contribution in [-0.2, 0) is 22.5 Å². The van der Waals surface area contributed by atoms with Gasteiger partial charge in [-0.15, -0.1) is 0 Å². The number of thioether (sulfide) groups is 1. The molecule has 3 heterocycles. The average Bonchev–Trinajstić information content (AvgIpc) is 3.29. The van der Waals surface area contributed by atoms with Crippen LogP contribution < -0.4 is 10.9 Å². The van der Waals surface area contributed by atoms with Gasteiger partial charge in [-0.3, -0.25) is 14.2 Å². The molecule has 9 heteroatoms. The number of aromatic nitrogens is 3. The molecule has 0 bridgehead atoms. The maximum atomic E-state index is 13.0. The Balaban J connectivity index is 1.42. The maximum absolute atomic E-state index is 13.0. The van der Waals surface area contributed by atoms with Crippen LogP contribution in [-0.4, -0.2) is 45.5 Å². The van der Waals surface area contributed by atoms with Crippen LogP contribution in [0, 0.1) is 0 Å². The first-order chi connectivity index (χ1) is 15.1. The van der Waals surface area contributed by atoms with Crippen LogP contribution in [0.4, 0.5) is 0 Å². The molecule has 1 N–H and O–H groups in total. The molecule has 0 aliphatic carbocycles. The summed E-state index contributed by atoms with van der Waals surface area (Å²) in [6.07, 6.45) is 4.21. The van der Waals surface area contributed by atoms with Gasteiger partial charge in [-0.05, 0) is 49.1 Å². The van der Waals surface area contributed by atoms with Gasteiger partial charge in [0.1, 0.15) is 0 Å². The van der Waals surface area contributed by atoms with E-state index >= 15 is 0 Å². The van der Waals surface area contributed by atoms with Crippen LogP contribution in [0.15, 0.2) is 52.5 Å². The van der Waals surface area contributed by atoms with Crippen LogP contribution in [0.2, 0.25) is 5.02 Å². The molecule has 1 aliphatic heterocycles. The Morgan fingerprint density at radius 3 is 2.90 bits per heavy atom. The predicted molar refractivity (Wildman–Crippen MR) is 122 cm³/mol. The number of amides is 1. The lowest BCUT2D eigenvalue weighted by Crippen LogP contribution is -2.30. The van der Waals surface area contributed by atoms with Crippen LogP contribution >= 0.6 is 23.4 Å². The fourth-order valence-corrected chi connectivity index (χ4v) is 4.43. The van der Waals surface area contributed by atoms with E-state index in [0.717, 1.165) is 24.8 Å². The van der Waals surface area contributed by atoms with Crippen molar-refractivity contribution in [3.05, 3.63) is 63.5 Å². The minimum atomic E-state index is -0.153. The SMILES string of the molecule is O=C(CSc1nc2ncccc2c(=O)n1CC1CCCO1)NCCc1ccc(Cl)cc1. The topological polar surface area (TPSA) is 86.1 Å². The number of hydrogen-bond donors (Lipinski definition) is 1. The average molecular weight is 459 g/mol. The lowest BCUT2D eigenvalue weighted by atomic mass is 10.1. The molecule has 1 atom stereocenters. The minimum Gasteiger partial charge on any atom is -0.376 e. The Kier molecular flexibility index (Phi) is 7.21. The molecule has 1 unspecified atom stereocenters. The van der Waals surface area contributed by atoms with Crippen molar-refractivity contribution in [2.24, 2.45) is 0 Å². The Hall–Kier alpha value is -2.42. The van der Waals surface area contributed by atoms with Gasteiger partial charge in [0, 0.05) is 24.4 Å². The van der Waals surface area contributed by atoms with Gasteiger partial charge in [0.15, 0.2) is 10.8 Å². The second-order valence-electron chi connectivity index (χ2n) is 7.33. The minimum absolute atomic E-state index is 0.0128. The molecule has 1 saturated heterocycles. The first kappa shape index (κ1) is 21.8. The van der Waals surface area contributed by atoms with E-state index in [0.29, 0.717) is 40.9 Å². The lowest BCUT2D eigenvalue weighted by Gasteiger charge is -2.16. The lowest BCUT2D eigenvalue weighted by molar-refractivity contribution is -0.118. The summed E-state index contributed by atoms with van der Waals surface area (Å²) in [7, 11) is 0. The van der Waals surface area contributed by atoms with Gasteiger partial charge >= 0.3 is 0 Å². The third kappa shape index (κ3) is 5.64. The third-order valence-electron chi connectivity index (χ3n) is 5.09. The van der Waals surface area contributed by atoms with Crippen molar-refractivity contribution >= 4 is 40.3 Å². The van der Waals surface area contributed by atoms with Gasteiger partial charge in [0.05, 0.1) is 23.8 Å². The standard InChI is InChI=1S/C22H23ClN4O3S/c23-16-7-5-15(6-8-16)9-11-24-19(28)14-31-22-26-20-18(4-1-10-25-20)21(29)27(22)13-17-3-2-12-30-17/h1,4-8,10,17H,2-3,9,11-14H2,(H,24,28). The molecule has 1 amide bonds. The summed E-state index contributed by atoms with van der Waals surface area (Å²) in [5.74, 6) is 0.0506. The van der Waals surface area contributed by atoms with Crippen molar-refractivity contribution < 1.29 is 9.53 Å². The van der Waals surface area contributed by atoms with Crippen LogP contribution in [0.3, 0.4) is 0 Å². The second kappa shape index (κ2) is 10.3. The Bertz CT molecular complexity index is 1110. The van der Waals surface area contributed by atoms with Crippen molar-refractivity contribution in [1.82, 2.24) is 19.9 Å². The van der Waals surface area contributed by atoms with E-state index in [-0.39, 0.29) is 23.3 Å². The fraction of sp³-hybridized carbons (Fsp3) is 0.364. The molecule has 7 nitrogen and oxygen atoms in total. The monoisotopic (exact) mass is 458 g/mol. The molecule has 0 radical (unpaired) electrons. The third-order valence-corrected chi connectivity index (χ3v) is 6.31. The van der Waals surface area contributed by atoms with Crippen molar-refractivity contribution in [2.45, 2.75) is 37.1 Å². The zero-order valence-corrected chi connectivity index (χ0v) is 18.5. The summed E-state index contributed by atoms with van der Waals surface area (Å²) in [5, 5.41) is 4.56. The first-order valence-corrected chi connectivity index (χ1v) is 11.6. The zero-order chi connectivity index (χ0) is 21.6. The number of pyridine rings is 1. The summed E-state index contributed by atoms with van der Waals surface area (Å²) in [4.78, 5) is 34.2. The smallest absolute Gasteiger partial charge is 0.263 e. The Morgan fingerprint density at radius 1 is 1.29 bits per heavy atom. The number of fused-ring (bicyclic) bond motifs is 1.